The Morgan fingerprint density at radius 2 is 2.55 bits per heavy atom. The summed E-state index contributed by atoms with van der Waals surface area (Å²) in [5.74, 6) is 0. The maximum atomic E-state index is 5.71. The molecule has 0 spiro atoms. The SMILES string of the molecule is Cl.NC1COCc2[nH]ncc21. The normalized spacial score (nSPS) is 22.1. The van der Waals surface area contributed by atoms with Crippen LogP contribution in [0.3, 0.4) is 0 Å². The van der Waals surface area contributed by atoms with Crippen LogP contribution in [-0.2, 0) is 11.3 Å². The maximum absolute atomic E-state index is 5.71. The van der Waals surface area contributed by atoms with Crippen molar-refractivity contribution in [2.75, 3.05) is 6.61 Å². The number of fused-ring (bicyclic) bond motifs is 1. The number of aromatic nitrogens is 2. The predicted molar refractivity (Wildman–Crippen MR) is 42.4 cm³/mol. The second-order valence-electron chi connectivity index (χ2n) is 2.43. The second-order valence-corrected chi connectivity index (χ2v) is 2.43. The molecule has 4 nitrogen and oxygen atoms in total. The highest BCUT2D eigenvalue weighted by Crippen LogP contribution is 2.19. The number of H-pyrrole nitrogens is 1. The molecule has 1 atom stereocenters. The molecule has 1 aromatic rings. The van der Waals surface area contributed by atoms with E-state index in [-0.39, 0.29) is 18.4 Å². The van der Waals surface area contributed by atoms with Gasteiger partial charge < -0.3 is 10.5 Å². The monoisotopic (exact) mass is 175 g/mol. The fourth-order valence-electron chi connectivity index (χ4n) is 1.14. The zero-order valence-electron chi connectivity index (χ0n) is 5.91. The van der Waals surface area contributed by atoms with E-state index in [4.69, 9.17) is 10.5 Å². The average Bonchev–Trinajstić information content (AvgIpc) is 2.36. The second kappa shape index (κ2) is 3.21. The smallest absolute Gasteiger partial charge is 0.0886 e. The number of nitrogens with one attached hydrogen (secondary N) is 1. The van der Waals surface area contributed by atoms with E-state index in [1.807, 2.05) is 0 Å². The van der Waals surface area contributed by atoms with Crippen LogP contribution in [0.2, 0.25) is 0 Å². The van der Waals surface area contributed by atoms with Crippen LogP contribution in [0.25, 0.3) is 0 Å². The van der Waals surface area contributed by atoms with Crippen LogP contribution in [0.15, 0.2) is 6.20 Å². The van der Waals surface area contributed by atoms with Gasteiger partial charge in [0.2, 0.25) is 0 Å². The minimum atomic E-state index is 0. The minimum absolute atomic E-state index is 0. The fraction of sp³-hybridized carbons (Fsp3) is 0.500. The van der Waals surface area contributed by atoms with E-state index in [1.54, 1.807) is 6.20 Å². The van der Waals surface area contributed by atoms with Gasteiger partial charge in [-0.05, 0) is 0 Å². The van der Waals surface area contributed by atoms with Gasteiger partial charge in [0, 0.05) is 5.56 Å². The molecule has 0 fully saturated rings. The molecule has 0 saturated heterocycles. The number of hydrogen-bond acceptors (Lipinski definition) is 3. The van der Waals surface area contributed by atoms with Crippen LogP contribution in [0.4, 0.5) is 0 Å². The molecule has 62 valence electrons. The first kappa shape index (κ1) is 8.52. The van der Waals surface area contributed by atoms with Crippen LogP contribution in [-0.4, -0.2) is 16.8 Å². The summed E-state index contributed by atoms with van der Waals surface area (Å²) in [6, 6.07) is 0.00231. The van der Waals surface area contributed by atoms with Crippen molar-refractivity contribution < 1.29 is 4.74 Å². The summed E-state index contributed by atoms with van der Waals surface area (Å²) in [5.41, 5.74) is 7.81. The van der Waals surface area contributed by atoms with Crippen molar-refractivity contribution in [2.24, 2.45) is 5.73 Å². The Hall–Kier alpha value is -0.580. The van der Waals surface area contributed by atoms with Crippen LogP contribution >= 0.6 is 12.4 Å². The van der Waals surface area contributed by atoms with Gasteiger partial charge in [0.15, 0.2) is 0 Å². The summed E-state index contributed by atoms with van der Waals surface area (Å²) in [4.78, 5) is 0. The largest absolute Gasteiger partial charge is 0.373 e. The fourth-order valence-corrected chi connectivity index (χ4v) is 1.14. The number of halogens is 1. The van der Waals surface area contributed by atoms with Crippen molar-refractivity contribution in [1.82, 2.24) is 10.2 Å². The van der Waals surface area contributed by atoms with Crippen molar-refractivity contribution in [1.29, 1.82) is 0 Å². The van der Waals surface area contributed by atoms with Crippen LogP contribution in [0.5, 0.6) is 0 Å². The van der Waals surface area contributed by atoms with E-state index >= 15 is 0 Å². The Balaban J connectivity index is 0.000000605. The highest BCUT2D eigenvalue weighted by atomic mass is 35.5. The molecule has 1 aliphatic heterocycles. The van der Waals surface area contributed by atoms with E-state index in [0.717, 1.165) is 11.3 Å². The molecule has 2 rings (SSSR count). The van der Waals surface area contributed by atoms with Gasteiger partial charge >= 0.3 is 0 Å². The van der Waals surface area contributed by atoms with E-state index in [2.05, 4.69) is 10.2 Å². The lowest BCUT2D eigenvalue weighted by atomic mass is 10.1. The summed E-state index contributed by atoms with van der Waals surface area (Å²) >= 11 is 0. The minimum Gasteiger partial charge on any atom is -0.373 e. The molecule has 3 N–H and O–H groups in total. The molecule has 0 saturated carbocycles. The van der Waals surface area contributed by atoms with Gasteiger partial charge in [-0.3, -0.25) is 5.10 Å². The molecule has 1 unspecified atom stereocenters. The third-order valence-corrected chi connectivity index (χ3v) is 1.69. The van der Waals surface area contributed by atoms with E-state index in [0.29, 0.717) is 13.2 Å². The number of nitrogens with two attached hydrogens (primary N) is 1. The Bertz CT molecular complexity index is 237. The number of nitrogens with zero attached hydrogens (tertiary/aromatic N) is 1. The summed E-state index contributed by atoms with van der Waals surface area (Å²) in [7, 11) is 0. The molecule has 0 aliphatic carbocycles. The summed E-state index contributed by atoms with van der Waals surface area (Å²) in [5, 5.41) is 6.70. The highest BCUT2D eigenvalue weighted by Gasteiger charge is 2.17. The van der Waals surface area contributed by atoms with Crippen LogP contribution in [0, 0.1) is 0 Å². The molecule has 2 heterocycles. The standard InChI is InChI=1S/C6H9N3O.ClH/c7-5-2-10-3-6-4(5)1-8-9-6;/h1,5H,2-3,7H2,(H,8,9);1H. The van der Waals surface area contributed by atoms with Gasteiger partial charge in [-0.1, -0.05) is 0 Å². The molecule has 5 heteroatoms. The topological polar surface area (TPSA) is 63.9 Å². The zero-order chi connectivity index (χ0) is 6.97. The Morgan fingerprint density at radius 1 is 1.73 bits per heavy atom. The first-order valence-corrected chi connectivity index (χ1v) is 3.23. The molecule has 0 radical (unpaired) electrons. The maximum Gasteiger partial charge on any atom is 0.0886 e. The lowest BCUT2D eigenvalue weighted by Gasteiger charge is -2.17. The summed E-state index contributed by atoms with van der Waals surface area (Å²) in [6.45, 7) is 1.22. The Kier molecular flexibility index (Phi) is 2.49. The number of hydrogen-bond donors (Lipinski definition) is 2. The van der Waals surface area contributed by atoms with Gasteiger partial charge in [-0.2, -0.15) is 5.10 Å². The lowest BCUT2D eigenvalue weighted by Crippen LogP contribution is -2.22. The van der Waals surface area contributed by atoms with Crippen molar-refractivity contribution in [2.45, 2.75) is 12.6 Å². The predicted octanol–water partition coefficient (Wildman–Crippen LogP) is 0.361. The van der Waals surface area contributed by atoms with Gasteiger partial charge in [0.1, 0.15) is 0 Å². The molecule has 11 heavy (non-hydrogen) atoms. The Labute approximate surface area is 70.5 Å². The molecule has 0 amide bonds. The van der Waals surface area contributed by atoms with Gasteiger partial charge in [0.25, 0.3) is 0 Å². The summed E-state index contributed by atoms with van der Waals surface area (Å²) in [6.07, 6.45) is 1.77. The average molecular weight is 176 g/mol. The molecule has 1 aliphatic rings. The van der Waals surface area contributed by atoms with E-state index in [9.17, 15) is 0 Å². The van der Waals surface area contributed by atoms with Gasteiger partial charge in [0.05, 0.1) is 31.1 Å². The van der Waals surface area contributed by atoms with Crippen LogP contribution < -0.4 is 5.73 Å². The van der Waals surface area contributed by atoms with Gasteiger partial charge in [-0.15, -0.1) is 12.4 Å². The third kappa shape index (κ3) is 1.38. The highest BCUT2D eigenvalue weighted by molar-refractivity contribution is 5.85. The van der Waals surface area contributed by atoms with Crippen molar-refractivity contribution >= 4 is 12.4 Å². The first-order valence-electron chi connectivity index (χ1n) is 3.23. The first-order chi connectivity index (χ1) is 4.88. The summed E-state index contributed by atoms with van der Waals surface area (Å²) < 4.78 is 5.17. The van der Waals surface area contributed by atoms with Crippen molar-refractivity contribution in [3.05, 3.63) is 17.5 Å². The quantitative estimate of drug-likeness (QED) is 0.599. The van der Waals surface area contributed by atoms with Crippen LogP contribution in [0.1, 0.15) is 17.3 Å². The van der Waals surface area contributed by atoms with E-state index in [1.165, 1.54) is 0 Å². The van der Waals surface area contributed by atoms with Gasteiger partial charge in [-0.25, -0.2) is 0 Å². The molecular formula is C6H10ClN3O. The number of aromatic amines is 1. The molecule has 1 aromatic heterocycles. The molecule has 0 aromatic carbocycles. The van der Waals surface area contributed by atoms with Crippen molar-refractivity contribution in [3.63, 3.8) is 0 Å². The molecular weight excluding hydrogens is 166 g/mol. The van der Waals surface area contributed by atoms with Crippen molar-refractivity contribution in [3.8, 4) is 0 Å². The Morgan fingerprint density at radius 3 is 3.27 bits per heavy atom. The third-order valence-electron chi connectivity index (χ3n) is 1.69. The molecule has 0 bridgehead atoms. The number of rotatable bonds is 0. The number of ether oxygens (including phenoxy) is 1. The van der Waals surface area contributed by atoms with E-state index < -0.39 is 0 Å². The lowest BCUT2D eigenvalue weighted by molar-refractivity contribution is 0.0901. The zero-order valence-corrected chi connectivity index (χ0v) is 6.73.